The lowest BCUT2D eigenvalue weighted by atomic mass is 9.84. The Balaban J connectivity index is 2.39. The van der Waals surface area contributed by atoms with Crippen LogP contribution in [-0.2, 0) is 18.6 Å². The largest absolute Gasteiger partial charge is 0.392 e. The lowest BCUT2D eigenvalue weighted by Crippen LogP contribution is -2.15. The second-order valence-electron chi connectivity index (χ2n) is 5.03. The van der Waals surface area contributed by atoms with Crippen molar-refractivity contribution in [2.45, 2.75) is 32.4 Å². The highest BCUT2D eigenvalue weighted by molar-refractivity contribution is 5.37. The maximum atomic E-state index is 9.33. The van der Waals surface area contributed by atoms with Crippen molar-refractivity contribution < 1.29 is 5.11 Å². The minimum Gasteiger partial charge on any atom is -0.392 e. The summed E-state index contributed by atoms with van der Waals surface area (Å²) in [7, 11) is 0. The van der Waals surface area contributed by atoms with Crippen LogP contribution in [0.25, 0.3) is 0 Å². The summed E-state index contributed by atoms with van der Waals surface area (Å²) < 4.78 is 1.71. The number of rotatable bonds is 4. The van der Waals surface area contributed by atoms with Crippen LogP contribution < -0.4 is 0 Å². The Labute approximate surface area is 112 Å². The summed E-state index contributed by atoms with van der Waals surface area (Å²) >= 11 is 0. The molecule has 98 valence electrons. The van der Waals surface area contributed by atoms with Gasteiger partial charge in [0, 0.05) is 0 Å². The van der Waals surface area contributed by atoms with E-state index in [1.807, 2.05) is 32.0 Å². The van der Waals surface area contributed by atoms with Crippen molar-refractivity contribution in [2.24, 2.45) is 0 Å². The first-order valence-electron chi connectivity index (χ1n) is 6.03. The number of aliphatic hydroxyl groups excluding tert-OH is 1. The fraction of sp³-hybridized carbons (Fsp3) is 0.357. The molecule has 0 fully saturated rings. The first-order chi connectivity index (χ1) is 9.05. The van der Waals surface area contributed by atoms with Gasteiger partial charge < -0.3 is 5.11 Å². The fourth-order valence-corrected chi connectivity index (χ4v) is 1.87. The Morgan fingerprint density at radius 2 is 2.05 bits per heavy atom. The summed E-state index contributed by atoms with van der Waals surface area (Å²) in [4.78, 5) is 3.90. The number of nitriles is 1. The Bertz CT molecular complexity index is 596. The zero-order valence-corrected chi connectivity index (χ0v) is 11.0. The SMILES string of the molecule is CC(C)(C#N)c1cc(CO)cc(Cn2cncn2)c1. The van der Waals surface area contributed by atoms with E-state index in [0.717, 1.165) is 16.7 Å². The van der Waals surface area contributed by atoms with Gasteiger partial charge in [0.1, 0.15) is 12.7 Å². The van der Waals surface area contributed by atoms with Crippen LogP contribution in [0, 0.1) is 11.3 Å². The van der Waals surface area contributed by atoms with Crippen molar-refractivity contribution in [2.75, 3.05) is 0 Å². The third-order valence-corrected chi connectivity index (χ3v) is 3.05. The normalized spacial score (nSPS) is 11.3. The Morgan fingerprint density at radius 1 is 1.32 bits per heavy atom. The van der Waals surface area contributed by atoms with E-state index in [9.17, 15) is 10.4 Å². The van der Waals surface area contributed by atoms with Gasteiger partial charge in [-0.1, -0.05) is 18.2 Å². The molecule has 5 nitrogen and oxygen atoms in total. The molecule has 0 bridgehead atoms. The Morgan fingerprint density at radius 3 is 2.63 bits per heavy atom. The van der Waals surface area contributed by atoms with E-state index in [-0.39, 0.29) is 6.61 Å². The maximum absolute atomic E-state index is 9.33. The van der Waals surface area contributed by atoms with Crippen molar-refractivity contribution in [3.8, 4) is 6.07 Å². The van der Waals surface area contributed by atoms with Gasteiger partial charge in [0.2, 0.25) is 0 Å². The van der Waals surface area contributed by atoms with Crippen LogP contribution in [-0.4, -0.2) is 19.9 Å². The first-order valence-corrected chi connectivity index (χ1v) is 6.03. The summed E-state index contributed by atoms with van der Waals surface area (Å²) in [5.74, 6) is 0. The lowest BCUT2D eigenvalue weighted by Gasteiger charge is -2.18. The molecule has 1 heterocycles. The maximum Gasteiger partial charge on any atom is 0.137 e. The molecular formula is C14H16N4O. The van der Waals surface area contributed by atoms with E-state index in [4.69, 9.17) is 0 Å². The molecule has 19 heavy (non-hydrogen) atoms. The Kier molecular flexibility index (Phi) is 3.63. The average molecular weight is 256 g/mol. The quantitative estimate of drug-likeness (QED) is 0.902. The molecule has 1 N–H and O–H groups in total. The molecule has 2 rings (SSSR count). The van der Waals surface area contributed by atoms with Crippen LogP contribution in [0.3, 0.4) is 0 Å². The summed E-state index contributed by atoms with van der Waals surface area (Å²) in [6.45, 7) is 4.26. The predicted octanol–water partition coefficient (Wildman–Crippen LogP) is 1.62. The molecule has 5 heteroatoms. The van der Waals surface area contributed by atoms with E-state index >= 15 is 0 Å². The van der Waals surface area contributed by atoms with Gasteiger partial charge in [-0.25, -0.2) is 9.67 Å². The minimum atomic E-state index is -0.581. The van der Waals surface area contributed by atoms with Crippen LogP contribution in [0.15, 0.2) is 30.9 Å². The first kappa shape index (κ1) is 13.2. The molecule has 0 amide bonds. The number of hydrogen-bond donors (Lipinski definition) is 1. The Hall–Kier alpha value is -2.19. The highest BCUT2D eigenvalue weighted by atomic mass is 16.3. The molecule has 2 aromatic rings. The van der Waals surface area contributed by atoms with Crippen LogP contribution in [0.1, 0.15) is 30.5 Å². The van der Waals surface area contributed by atoms with Gasteiger partial charge in [-0.3, -0.25) is 0 Å². The van der Waals surface area contributed by atoms with Crippen LogP contribution in [0.2, 0.25) is 0 Å². The van der Waals surface area contributed by atoms with Gasteiger partial charge in [0.25, 0.3) is 0 Å². The number of benzene rings is 1. The topological polar surface area (TPSA) is 74.7 Å². The third-order valence-electron chi connectivity index (χ3n) is 3.05. The molecule has 0 radical (unpaired) electrons. The molecule has 1 aromatic carbocycles. The molecule has 0 saturated carbocycles. The second kappa shape index (κ2) is 5.21. The third kappa shape index (κ3) is 2.98. The van der Waals surface area contributed by atoms with E-state index < -0.39 is 5.41 Å². The highest BCUT2D eigenvalue weighted by Crippen LogP contribution is 2.25. The standard InChI is InChI=1S/C14H16N4O/c1-14(2,8-15)13-4-11(3-12(5-13)7-19)6-18-10-16-9-17-18/h3-5,9-10,19H,6-7H2,1-2H3. The molecule has 0 saturated heterocycles. The van der Waals surface area contributed by atoms with Crippen molar-refractivity contribution in [3.05, 3.63) is 47.5 Å². The van der Waals surface area contributed by atoms with Crippen molar-refractivity contribution in [3.63, 3.8) is 0 Å². The van der Waals surface area contributed by atoms with Crippen molar-refractivity contribution in [1.82, 2.24) is 14.8 Å². The molecule has 0 aliphatic heterocycles. The highest BCUT2D eigenvalue weighted by Gasteiger charge is 2.20. The summed E-state index contributed by atoms with van der Waals surface area (Å²) in [5, 5.41) is 22.6. The zero-order chi connectivity index (χ0) is 13.9. The lowest BCUT2D eigenvalue weighted by molar-refractivity contribution is 0.281. The monoisotopic (exact) mass is 256 g/mol. The second-order valence-corrected chi connectivity index (χ2v) is 5.03. The van der Waals surface area contributed by atoms with Gasteiger partial charge in [0.05, 0.1) is 24.6 Å². The molecule has 0 unspecified atom stereocenters. The molecule has 0 spiro atoms. The smallest absolute Gasteiger partial charge is 0.137 e. The van der Waals surface area contributed by atoms with E-state index in [2.05, 4.69) is 16.2 Å². The molecule has 0 atom stereocenters. The van der Waals surface area contributed by atoms with Crippen LogP contribution in [0.5, 0.6) is 0 Å². The minimum absolute atomic E-state index is 0.0420. The van der Waals surface area contributed by atoms with Gasteiger partial charge in [-0.2, -0.15) is 10.4 Å². The number of hydrogen-bond acceptors (Lipinski definition) is 4. The van der Waals surface area contributed by atoms with Gasteiger partial charge in [-0.15, -0.1) is 0 Å². The van der Waals surface area contributed by atoms with Crippen LogP contribution >= 0.6 is 0 Å². The summed E-state index contributed by atoms with van der Waals surface area (Å²) in [6.07, 6.45) is 3.12. The molecule has 0 aliphatic carbocycles. The van der Waals surface area contributed by atoms with Crippen molar-refractivity contribution >= 4 is 0 Å². The zero-order valence-electron chi connectivity index (χ0n) is 11.0. The predicted molar refractivity (Wildman–Crippen MR) is 70.1 cm³/mol. The average Bonchev–Trinajstić information content (AvgIpc) is 2.91. The molecule has 1 aromatic heterocycles. The van der Waals surface area contributed by atoms with Crippen molar-refractivity contribution in [1.29, 1.82) is 5.26 Å². The molecule has 0 aliphatic rings. The van der Waals surface area contributed by atoms with Gasteiger partial charge in [0.15, 0.2) is 0 Å². The number of aromatic nitrogens is 3. The number of aliphatic hydroxyl groups is 1. The van der Waals surface area contributed by atoms with E-state index in [0.29, 0.717) is 6.54 Å². The van der Waals surface area contributed by atoms with E-state index in [1.54, 1.807) is 11.0 Å². The van der Waals surface area contributed by atoms with Gasteiger partial charge in [-0.05, 0) is 30.5 Å². The molecular weight excluding hydrogens is 240 g/mol. The summed E-state index contributed by atoms with van der Waals surface area (Å²) in [5.41, 5.74) is 2.12. The number of nitrogens with zero attached hydrogens (tertiary/aromatic N) is 4. The van der Waals surface area contributed by atoms with Gasteiger partial charge >= 0.3 is 0 Å². The van der Waals surface area contributed by atoms with E-state index in [1.165, 1.54) is 6.33 Å². The fourth-order valence-electron chi connectivity index (χ4n) is 1.87. The summed E-state index contributed by atoms with van der Waals surface area (Å²) in [6, 6.07) is 8.04. The van der Waals surface area contributed by atoms with Crippen LogP contribution in [0.4, 0.5) is 0 Å².